The fraction of sp³-hybridized carbons (Fsp3) is 0.333. The second-order valence-electron chi connectivity index (χ2n) is 4.58. The third-order valence-electron chi connectivity index (χ3n) is 2.86. The lowest BCUT2D eigenvalue weighted by Crippen LogP contribution is -2.10. The lowest BCUT2D eigenvalue weighted by molar-refractivity contribution is -0.145. The number of aromatic nitrogens is 1. The number of anilines is 1. The average molecular weight is 306 g/mol. The summed E-state index contributed by atoms with van der Waals surface area (Å²) in [5.74, 6) is 0.346. The van der Waals surface area contributed by atoms with Gasteiger partial charge in [0.15, 0.2) is 0 Å². The molecule has 0 radical (unpaired) electrons. The number of carbonyl (C=O) groups is 1. The third-order valence-corrected chi connectivity index (χ3v) is 3.91. The molecule has 0 aliphatic rings. The number of hydrogen-bond acceptors (Lipinski definition) is 6. The smallest absolute Gasteiger partial charge is 0.309 e. The molecule has 6 heteroatoms. The molecule has 1 aromatic heterocycles. The zero-order valence-electron chi connectivity index (χ0n) is 12.1. The Morgan fingerprint density at radius 2 is 2.19 bits per heavy atom. The molecule has 0 saturated carbocycles. The number of carbonyl (C=O) groups excluding carboxylic acids is 1. The molecule has 0 atom stereocenters. The Hall–Kier alpha value is -2.08. The predicted molar refractivity (Wildman–Crippen MR) is 82.4 cm³/mol. The molecule has 21 heavy (non-hydrogen) atoms. The molecule has 1 heterocycles. The summed E-state index contributed by atoms with van der Waals surface area (Å²) in [4.78, 5) is 17.1. The van der Waals surface area contributed by atoms with E-state index in [2.05, 4.69) is 4.98 Å². The van der Waals surface area contributed by atoms with Gasteiger partial charge in [0.1, 0.15) is 17.4 Å². The highest BCUT2D eigenvalue weighted by atomic mass is 32.1. The Morgan fingerprint density at radius 1 is 1.38 bits per heavy atom. The Kier molecular flexibility index (Phi) is 5.16. The number of nitrogens with zero attached hydrogens (tertiary/aromatic N) is 1. The molecule has 2 aromatic rings. The van der Waals surface area contributed by atoms with Gasteiger partial charge in [-0.3, -0.25) is 4.79 Å². The van der Waals surface area contributed by atoms with Gasteiger partial charge in [0, 0.05) is 16.6 Å². The van der Waals surface area contributed by atoms with E-state index >= 15 is 0 Å². The van der Waals surface area contributed by atoms with Crippen LogP contribution in [0.2, 0.25) is 0 Å². The fourth-order valence-electron chi connectivity index (χ4n) is 1.67. The van der Waals surface area contributed by atoms with Gasteiger partial charge in [0.2, 0.25) is 0 Å². The highest BCUT2D eigenvalue weighted by Crippen LogP contribution is 2.17. The topological polar surface area (TPSA) is 74.4 Å². The van der Waals surface area contributed by atoms with Crippen LogP contribution in [0.4, 0.5) is 5.69 Å². The van der Waals surface area contributed by atoms with E-state index in [0.29, 0.717) is 11.4 Å². The highest BCUT2D eigenvalue weighted by molar-refractivity contribution is 7.11. The van der Waals surface area contributed by atoms with Gasteiger partial charge in [-0.25, -0.2) is 4.98 Å². The van der Waals surface area contributed by atoms with Crippen molar-refractivity contribution in [2.45, 2.75) is 26.9 Å². The summed E-state index contributed by atoms with van der Waals surface area (Å²) in [7, 11) is 0. The first kappa shape index (κ1) is 15.3. The summed E-state index contributed by atoms with van der Waals surface area (Å²) < 4.78 is 10.6. The molecule has 5 nitrogen and oxygen atoms in total. The van der Waals surface area contributed by atoms with Crippen LogP contribution < -0.4 is 10.5 Å². The first-order chi connectivity index (χ1) is 10.0. The van der Waals surface area contributed by atoms with Gasteiger partial charge < -0.3 is 15.2 Å². The van der Waals surface area contributed by atoms with Crippen molar-refractivity contribution in [1.29, 1.82) is 0 Å². The molecule has 0 fully saturated rings. The normalized spacial score (nSPS) is 10.4. The molecule has 2 rings (SSSR count). The number of benzene rings is 1. The molecule has 0 bridgehead atoms. The molecule has 0 unspecified atom stereocenters. The van der Waals surface area contributed by atoms with Gasteiger partial charge in [-0.15, -0.1) is 11.3 Å². The van der Waals surface area contributed by atoms with E-state index in [9.17, 15) is 4.79 Å². The summed E-state index contributed by atoms with van der Waals surface area (Å²) in [6.07, 6.45) is 0.193. The van der Waals surface area contributed by atoms with Gasteiger partial charge in [0.05, 0.1) is 18.7 Å². The minimum absolute atomic E-state index is 0.193. The average Bonchev–Trinajstić information content (AvgIpc) is 2.76. The van der Waals surface area contributed by atoms with Crippen LogP contribution in [0, 0.1) is 13.8 Å². The van der Waals surface area contributed by atoms with E-state index < -0.39 is 0 Å². The SMILES string of the molecule is Cc1nc(COC(=O)CCOc2cccc(N)c2)sc1C. The Balaban J connectivity index is 1.70. The zero-order chi connectivity index (χ0) is 15.2. The van der Waals surface area contributed by atoms with Crippen molar-refractivity contribution in [3.05, 3.63) is 39.8 Å². The van der Waals surface area contributed by atoms with Crippen LogP contribution in [-0.4, -0.2) is 17.6 Å². The van der Waals surface area contributed by atoms with Gasteiger partial charge in [-0.05, 0) is 26.0 Å². The predicted octanol–water partition coefficient (Wildman–Crippen LogP) is 2.85. The molecule has 0 amide bonds. The number of thiazole rings is 1. The number of esters is 1. The standard InChI is InChI=1S/C15H18N2O3S/c1-10-11(2)21-14(17-10)9-20-15(18)6-7-19-13-5-3-4-12(16)8-13/h3-5,8H,6-7,9,16H2,1-2H3. The van der Waals surface area contributed by atoms with Crippen LogP contribution in [0.15, 0.2) is 24.3 Å². The van der Waals surface area contributed by atoms with Crippen molar-refractivity contribution in [2.75, 3.05) is 12.3 Å². The Morgan fingerprint density at radius 3 is 2.86 bits per heavy atom. The van der Waals surface area contributed by atoms with E-state index in [0.717, 1.165) is 15.6 Å². The van der Waals surface area contributed by atoms with Gasteiger partial charge in [-0.2, -0.15) is 0 Å². The lowest BCUT2D eigenvalue weighted by Gasteiger charge is -2.06. The maximum Gasteiger partial charge on any atom is 0.309 e. The lowest BCUT2D eigenvalue weighted by atomic mass is 10.3. The van der Waals surface area contributed by atoms with Crippen LogP contribution in [0.25, 0.3) is 0 Å². The van der Waals surface area contributed by atoms with Gasteiger partial charge >= 0.3 is 5.97 Å². The van der Waals surface area contributed by atoms with Gasteiger partial charge in [0.25, 0.3) is 0 Å². The number of nitrogens with two attached hydrogens (primary N) is 1. The molecular formula is C15H18N2O3S. The second-order valence-corrected chi connectivity index (χ2v) is 5.87. The molecule has 0 aliphatic carbocycles. The number of hydrogen-bond donors (Lipinski definition) is 1. The molecular weight excluding hydrogens is 288 g/mol. The van der Waals surface area contributed by atoms with Crippen LogP contribution in [0.1, 0.15) is 22.0 Å². The molecule has 2 N–H and O–H groups in total. The number of nitrogen functional groups attached to an aromatic ring is 1. The minimum Gasteiger partial charge on any atom is -0.493 e. The third kappa shape index (κ3) is 4.75. The zero-order valence-corrected chi connectivity index (χ0v) is 12.9. The van der Waals surface area contributed by atoms with Crippen molar-refractivity contribution in [2.24, 2.45) is 0 Å². The quantitative estimate of drug-likeness (QED) is 0.656. The fourth-order valence-corrected chi connectivity index (χ4v) is 2.52. The maximum atomic E-state index is 11.6. The Bertz CT molecular complexity index is 606. The van der Waals surface area contributed by atoms with Crippen LogP contribution in [0.3, 0.4) is 0 Å². The van der Waals surface area contributed by atoms with E-state index in [4.69, 9.17) is 15.2 Å². The molecule has 0 saturated heterocycles. The van der Waals surface area contributed by atoms with E-state index in [1.807, 2.05) is 13.8 Å². The minimum atomic E-state index is -0.301. The molecule has 0 aliphatic heterocycles. The summed E-state index contributed by atoms with van der Waals surface area (Å²) in [5.41, 5.74) is 7.25. The molecule has 0 spiro atoms. The number of ether oxygens (including phenoxy) is 2. The largest absolute Gasteiger partial charge is 0.493 e. The van der Waals surface area contributed by atoms with Crippen LogP contribution in [0.5, 0.6) is 5.75 Å². The molecule has 1 aromatic carbocycles. The van der Waals surface area contributed by atoms with Crippen molar-refractivity contribution >= 4 is 23.0 Å². The summed E-state index contributed by atoms with van der Waals surface area (Å²) in [6.45, 7) is 4.42. The summed E-state index contributed by atoms with van der Waals surface area (Å²) in [5, 5.41) is 0.815. The first-order valence-electron chi connectivity index (χ1n) is 6.61. The van der Waals surface area contributed by atoms with Crippen molar-refractivity contribution in [3.8, 4) is 5.75 Å². The van der Waals surface area contributed by atoms with Crippen molar-refractivity contribution in [3.63, 3.8) is 0 Å². The number of aryl methyl sites for hydroxylation is 2. The van der Waals surface area contributed by atoms with Crippen molar-refractivity contribution < 1.29 is 14.3 Å². The van der Waals surface area contributed by atoms with E-state index in [-0.39, 0.29) is 25.6 Å². The second kappa shape index (κ2) is 7.08. The van der Waals surface area contributed by atoms with Crippen LogP contribution >= 0.6 is 11.3 Å². The maximum absolute atomic E-state index is 11.6. The van der Waals surface area contributed by atoms with Crippen LogP contribution in [-0.2, 0) is 16.1 Å². The Labute approximate surface area is 127 Å². The summed E-state index contributed by atoms with van der Waals surface area (Å²) in [6, 6.07) is 7.09. The number of rotatable bonds is 6. The van der Waals surface area contributed by atoms with Crippen molar-refractivity contribution in [1.82, 2.24) is 4.98 Å². The molecule has 112 valence electrons. The van der Waals surface area contributed by atoms with E-state index in [1.54, 1.807) is 35.6 Å². The van der Waals surface area contributed by atoms with E-state index in [1.165, 1.54) is 0 Å². The highest BCUT2D eigenvalue weighted by Gasteiger charge is 2.08. The first-order valence-corrected chi connectivity index (χ1v) is 7.43. The summed E-state index contributed by atoms with van der Waals surface area (Å²) >= 11 is 1.55. The monoisotopic (exact) mass is 306 g/mol. The van der Waals surface area contributed by atoms with Gasteiger partial charge in [-0.1, -0.05) is 6.07 Å².